The van der Waals surface area contributed by atoms with Crippen molar-refractivity contribution in [3.05, 3.63) is 59.9 Å². The molecule has 0 aromatic heterocycles. The van der Waals surface area contributed by atoms with E-state index in [1.54, 1.807) is 30.3 Å². The van der Waals surface area contributed by atoms with Crippen LogP contribution in [-0.2, 0) is 9.53 Å². The van der Waals surface area contributed by atoms with Crippen molar-refractivity contribution in [2.24, 2.45) is 0 Å². The summed E-state index contributed by atoms with van der Waals surface area (Å²) in [6.07, 6.45) is 2.94. The smallest absolute Gasteiger partial charge is 0.330 e. The average Bonchev–Trinajstić information content (AvgIpc) is 2.64. The van der Waals surface area contributed by atoms with E-state index in [-0.39, 0.29) is 19.0 Å². The number of ether oxygens (including phenoxy) is 4. The number of hydrogen-bond donors (Lipinski definition) is 0. The molecule has 0 radical (unpaired) electrons. The topological polar surface area (TPSA) is 54.0 Å². The van der Waals surface area contributed by atoms with E-state index in [0.717, 1.165) is 5.56 Å². The summed E-state index contributed by atoms with van der Waals surface area (Å²) in [5, 5.41) is 0. The molecule has 0 saturated heterocycles. The first kappa shape index (κ1) is 16.8. The van der Waals surface area contributed by atoms with Gasteiger partial charge >= 0.3 is 5.97 Å². The molecule has 1 aliphatic rings. The van der Waals surface area contributed by atoms with Gasteiger partial charge in [0, 0.05) is 6.08 Å². The largest absolute Gasteiger partial charge is 0.487 e. The zero-order valence-corrected chi connectivity index (χ0v) is 13.4. The molecule has 0 saturated carbocycles. The standard InChI is InChI=1S/C19H17FO5/c20-15-3-1-2-4-16(15)22-11-12-25-19(21)8-6-14-5-7-17-18(13-14)24-10-9-23-17/h1-8,13H,9-12H2/b8-6+. The van der Waals surface area contributed by atoms with Crippen LogP contribution < -0.4 is 14.2 Å². The Kier molecular flexibility index (Phi) is 5.51. The summed E-state index contributed by atoms with van der Waals surface area (Å²) in [6.45, 7) is 1.14. The molecule has 1 heterocycles. The van der Waals surface area contributed by atoms with Gasteiger partial charge in [-0.25, -0.2) is 9.18 Å². The lowest BCUT2D eigenvalue weighted by molar-refractivity contribution is -0.138. The van der Waals surface area contributed by atoms with Crippen LogP contribution in [0, 0.1) is 5.82 Å². The van der Waals surface area contributed by atoms with Crippen LogP contribution in [0.3, 0.4) is 0 Å². The lowest BCUT2D eigenvalue weighted by Gasteiger charge is -2.18. The summed E-state index contributed by atoms with van der Waals surface area (Å²) >= 11 is 0. The average molecular weight is 344 g/mol. The van der Waals surface area contributed by atoms with Gasteiger partial charge in [-0.15, -0.1) is 0 Å². The molecule has 0 aliphatic carbocycles. The third kappa shape index (κ3) is 4.73. The molecule has 0 unspecified atom stereocenters. The van der Waals surface area contributed by atoms with E-state index < -0.39 is 11.8 Å². The van der Waals surface area contributed by atoms with Crippen molar-refractivity contribution in [2.75, 3.05) is 26.4 Å². The molecule has 1 aliphatic heterocycles. The van der Waals surface area contributed by atoms with Gasteiger partial charge in [0.15, 0.2) is 23.1 Å². The first-order valence-electron chi connectivity index (χ1n) is 7.84. The minimum atomic E-state index is -0.507. The highest BCUT2D eigenvalue weighted by Gasteiger charge is 2.10. The highest BCUT2D eigenvalue weighted by molar-refractivity contribution is 5.87. The maximum atomic E-state index is 13.3. The number of fused-ring (bicyclic) bond motifs is 1. The Hall–Kier alpha value is -3.02. The van der Waals surface area contributed by atoms with Crippen molar-refractivity contribution in [1.29, 1.82) is 0 Å². The molecular formula is C19H17FO5. The van der Waals surface area contributed by atoms with Crippen LogP contribution in [0.2, 0.25) is 0 Å². The zero-order chi connectivity index (χ0) is 17.5. The van der Waals surface area contributed by atoms with Crippen molar-refractivity contribution >= 4 is 12.0 Å². The molecule has 0 atom stereocenters. The number of carbonyl (C=O) groups is 1. The molecule has 25 heavy (non-hydrogen) atoms. The highest BCUT2D eigenvalue weighted by atomic mass is 19.1. The fourth-order valence-electron chi connectivity index (χ4n) is 2.23. The summed E-state index contributed by atoms with van der Waals surface area (Å²) in [6, 6.07) is 11.5. The minimum Gasteiger partial charge on any atom is -0.487 e. The molecule has 3 rings (SSSR count). The van der Waals surface area contributed by atoms with Gasteiger partial charge in [0.05, 0.1) is 0 Å². The predicted octanol–water partition coefficient (Wildman–Crippen LogP) is 3.23. The van der Waals surface area contributed by atoms with E-state index in [2.05, 4.69) is 0 Å². The van der Waals surface area contributed by atoms with E-state index in [4.69, 9.17) is 18.9 Å². The summed E-state index contributed by atoms with van der Waals surface area (Å²) in [5.41, 5.74) is 0.795. The van der Waals surface area contributed by atoms with Gasteiger partial charge in [0.25, 0.3) is 0 Å². The van der Waals surface area contributed by atoms with Crippen LogP contribution in [0.4, 0.5) is 4.39 Å². The second kappa shape index (κ2) is 8.19. The molecule has 0 fully saturated rings. The van der Waals surface area contributed by atoms with Gasteiger partial charge in [0.1, 0.15) is 26.4 Å². The van der Waals surface area contributed by atoms with E-state index in [0.29, 0.717) is 24.7 Å². The van der Waals surface area contributed by atoms with Gasteiger partial charge in [0.2, 0.25) is 0 Å². The fraction of sp³-hybridized carbons (Fsp3) is 0.211. The lowest BCUT2D eigenvalue weighted by Crippen LogP contribution is -2.15. The quantitative estimate of drug-likeness (QED) is 0.457. The van der Waals surface area contributed by atoms with E-state index in [9.17, 15) is 9.18 Å². The van der Waals surface area contributed by atoms with Crippen LogP contribution >= 0.6 is 0 Å². The van der Waals surface area contributed by atoms with Crippen molar-refractivity contribution in [3.63, 3.8) is 0 Å². The van der Waals surface area contributed by atoms with Gasteiger partial charge in [-0.1, -0.05) is 18.2 Å². The normalized spacial score (nSPS) is 12.8. The number of rotatable bonds is 6. The third-order valence-electron chi connectivity index (χ3n) is 3.40. The molecule has 5 nitrogen and oxygen atoms in total. The van der Waals surface area contributed by atoms with Crippen molar-refractivity contribution in [3.8, 4) is 17.2 Å². The van der Waals surface area contributed by atoms with Gasteiger partial charge < -0.3 is 18.9 Å². The van der Waals surface area contributed by atoms with Crippen LogP contribution in [0.15, 0.2) is 48.5 Å². The van der Waals surface area contributed by atoms with Gasteiger partial charge in [-0.3, -0.25) is 0 Å². The summed E-state index contributed by atoms with van der Waals surface area (Å²) in [4.78, 5) is 11.7. The van der Waals surface area contributed by atoms with E-state index >= 15 is 0 Å². The van der Waals surface area contributed by atoms with E-state index in [1.807, 2.05) is 6.07 Å². The molecule has 0 bridgehead atoms. The number of carbonyl (C=O) groups excluding carboxylic acids is 1. The molecule has 0 amide bonds. The lowest BCUT2D eigenvalue weighted by atomic mass is 10.2. The maximum Gasteiger partial charge on any atom is 0.330 e. The third-order valence-corrected chi connectivity index (χ3v) is 3.40. The zero-order valence-electron chi connectivity index (χ0n) is 13.4. The van der Waals surface area contributed by atoms with Crippen LogP contribution in [0.25, 0.3) is 6.08 Å². The summed E-state index contributed by atoms with van der Waals surface area (Å²) in [5.74, 6) is 0.515. The monoisotopic (exact) mass is 344 g/mol. The Balaban J connectivity index is 1.44. The number of halogens is 1. The fourth-order valence-corrected chi connectivity index (χ4v) is 2.23. The molecule has 6 heteroatoms. The van der Waals surface area contributed by atoms with Gasteiger partial charge in [-0.05, 0) is 35.9 Å². The second-order valence-electron chi connectivity index (χ2n) is 5.18. The Labute approximate surface area is 144 Å². The van der Waals surface area contributed by atoms with Crippen molar-refractivity contribution in [1.82, 2.24) is 0 Å². The Morgan fingerprint density at radius 3 is 2.72 bits per heavy atom. The summed E-state index contributed by atoms with van der Waals surface area (Å²) < 4.78 is 34.5. The van der Waals surface area contributed by atoms with Crippen LogP contribution in [-0.4, -0.2) is 32.4 Å². The molecule has 2 aromatic carbocycles. The Bertz CT molecular complexity index is 772. The second-order valence-corrected chi connectivity index (χ2v) is 5.18. The highest BCUT2D eigenvalue weighted by Crippen LogP contribution is 2.31. The SMILES string of the molecule is O=C(/C=C/c1ccc2c(c1)OCCO2)OCCOc1ccccc1F. The van der Waals surface area contributed by atoms with Crippen LogP contribution in [0.1, 0.15) is 5.56 Å². The first-order chi connectivity index (χ1) is 12.2. The number of hydrogen-bond acceptors (Lipinski definition) is 5. The number of benzene rings is 2. The molecule has 0 spiro atoms. The van der Waals surface area contributed by atoms with Crippen LogP contribution in [0.5, 0.6) is 17.2 Å². The number of esters is 1. The molecule has 0 N–H and O–H groups in total. The Morgan fingerprint density at radius 1 is 1.08 bits per heavy atom. The summed E-state index contributed by atoms with van der Waals surface area (Å²) in [7, 11) is 0. The Morgan fingerprint density at radius 2 is 1.88 bits per heavy atom. The number of para-hydroxylation sites is 1. The first-order valence-corrected chi connectivity index (χ1v) is 7.84. The predicted molar refractivity (Wildman–Crippen MR) is 89.3 cm³/mol. The van der Waals surface area contributed by atoms with E-state index in [1.165, 1.54) is 18.2 Å². The van der Waals surface area contributed by atoms with Crippen molar-refractivity contribution in [2.45, 2.75) is 0 Å². The maximum absolute atomic E-state index is 13.3. The minimum absolute atomic E-state index is 0.0264. The molecule has 2 aromatic rings. The molecule has 130 valence electrons. The molecular weight excluding hydrogens is 327 g/mol. The van der Waals surface area contributed by atoms with Crippen molar-refractivity contribution < 1.29 is 28.1 Å². The van der Waals surface area contributed by atoms with Gasteiger partial charge in [-0.2, -0.15) is 0 Å².